The quantitative estimate of drug-likeness (QED) is 0.890. The molecule has 0 aromatic carbocycles. The van der Waals surface area contributed by atoms with E-state index in [9.17, 15) is 17.2 Å². The van der Waals surface area contributed by atoms with Gasteiger partial charge in [0.25, 0.3) is 6.43 Å². The van der Waals surface area contributed by atoms with Crippen LogP contribution in [0, 0.1) is 11.3 Å². The van der Waals surface area contributed by atoms with Crippen LogP contribution in [0.25, 0.3) is 0 Å². The summed E-state index contributed by atoms with van der Waals surface area (Å²) in [7, 11) is -4.36. The summed E-state index contributed by atoms with van der Waals surface area (Å²) in [4.78, 5) is 2.57. The molecule has 2 N–H and O–H groups in total. The van der Waals surface area contributed by atoms with Gasteiger partial charge in [0.15, 0.2) is 5.69 Å². The van der Waals surface area contributed by atoms with Gasteiger partial charge in [0.1, 0.15) is 11.0 Å². The van der Waals surface area contributed by atoms with Crippen molar-refractivity contribution >= 4 is 26.0 Å². The van der Waals surface area contributed by atoms with Gasteiger partial charge in [-0.25, -0.2) is 27.3 Å². The van der Waals surface area contributed by atoms with Gasteiger partial charge in [0, 0.05) is 6.20 Å². The molecule has 0 aliphatic rings. The molecular formula is C7H4BrF2N3O2S. The molecule has 0 radical (unpaired) electrons. The summed E-state index contributed by atoms with van der Waals surface area (Å²) < 4.78 is 46.9. The molecule has 9 heteroatoms. The van der Waals surface area contributed by atoms with Crippen LogP contribution in [0.3, 0.4) is 0 Å². The molecule has 16 heavy (non-hydrogen) atoms. The molecule has 0 bridgehead atoms. The highest BCUT2D eigenvalue weighted by atomic mass is 79.9. The molecule has 86 valence electrons. The lowest BCUT2D eigenvalue weighted by molar-refractivity contribution is 0.147. The maximum atomic E-state index is 12.5. The Kier molecular flexibility index (Phi) is 3.57. The Hall–Kier alpha value is -1.11. The second kappa shape index (κ2) is 4.40. The molecule has 0 saturated heterocycles. The number of nitrogens with two attached hydrogens (primary N) is 1. The number of aromatic nitrogens is 1. The van der Waals surface area contributed by atoms with Gasteiger partial charge in [0.2, 0.25) is 10.0 Å². The summed E-state index contributed by atoms with van der Waals surface area (Å²) in [6, 6.07) is 1.55. The molecule has 0 unspecified atom stereocenters. The Bertz CT molecular complexity index is 568. The SMILES string of the molecule is N#Cc1ncc(C(F)F)c(S(N)(=O)=O)c1Br. The Labute approximate surface area is 98.1 Å². The lowest BCUT2D eigenvalue weighted by atomic mass is 10.2. The first-order valence-corrected chi connectivity index (χ1v) is 6.02. The number of halogens is 3. The number of nitriles is 1. The normalized spacial score (nSPS) is 11.5. The van der Waals surface area contributed by atoms with Crippen LogP contribution in [0.4, 0.5) is 8.78 Å². The molecule has 1 rings (SSSR count). The molecule has 0 atom stereocenters. The van der Waals surface area contributed by atoms with Gasteiger partial charge >= 0.3 is 0 Å². The van der Waals surface area contributed by atoms with E-state index in [-0.39, 0.29) is 10.2 Å². The van der Waals surface area contributed by atoms with Gasteiger partial charge in [-0.2, -0.15) is 5.26 Å². The molecule has 0 saturated carbocycles. The number of sulfonamides is 1. The van der Waals surface area contributed by atoms with Crippen molar-refractivity contribution in [2.75, 3.05) is 0 Å². The summed E-state index contributed by atoms with van der Waals surface area (Å²) in [6.07, 6.45) is -2.43. The molecule has 1 aromatic rings. The zero-order valence-electron chi connectivity index (χ0n) is 7.49. The summed E-state index contributed by atoms with van der Waals surface area (Å²) in [5, 5.41) is 13.4. The van der Waals surface area contributed by atoms with E-state index in [1.807, 2.05) is 0 Å². The molecule has 1 heterocycles. The van der Waals surface area contributed by atoms with Crippen molar-refractivity contribution < 1.29 is 17.2 Å². The van der Waals surface area contributed by atoms with Crippen molar-refractivity contribution in [1.29, 1.82) is 5.26 Å². The minimum absolute atomic E-state index is 0.326. The van der Waals surface area contributed by atoms with Crippen molar-refractivity contribution in [2.45, 2.75) is 11.3 Å². The smallest absolute Gasteiger partial charge is 0.244 e. The standard InChI is InChI=1S/C7H4BrF2N3O2S/c8-5-4(1-11)13-2-3(7(9)10)6(5)16(12,14)15/h2,7H,(H2,12,14,15). The van der Waals surface area contributed by atoms with Crippen LogP contribution >= 0.6 is 15.9 Å². The second-order valence-corrected chi connectivity index (χ2v) is 4.95. The zero-order chi connectivity index (χ0) is 12.5. The molecule has 1 aromatic heterocycles. The Morgan fingerprint density at radius 1 is 1.56 bits per heavy atom. The molecule has 0 fully saturated rings. The maximum absolute atomic E-state index is 12.5. The second-order valence-electron chi connectivity index (χ2n) is 2.66. The molecule has 0 aliphatic carbocycles. The van der Waals surface area contributed by atoms with Crippen molar-refractivity contribution in [3.05, 3.63) is 21.9 Å². The van der Waals surface area contributed by atoms with Gasteiger partial charge in [-0.15, -0.1) is 0 Å². The lowest BCUT2D eigenvalue weighted by Crippen LogP contribution is -2.16. The van der Waals surface area contributed by atoms with Gasteiger partial charge in [-0.3, -0.25) is 0 Å². The Morgan fingerprint density at radius 3 is 2.50 bits per heavy atom. The maximum Gasteiger partial charge on any atom is 0.266 e. The minimum Gasteiger partial charge on any atom is -0.244 e. The third-order valence-electron chi connectivity index (χ3n) is 1.63. The largest absolute Gasteiger partial charge is 0.266 e. The van der Waals surface area contributed by atoms with Crippen LogP contribution in [0.15, 0.2) is 15.6 Å². The van der Waals surface area contributed by atoms with Gasteiger partial charge < -0.3 is 0 Å². The van der Waals surface area contributed by atoms with Crippen molar-refractivity contribution in [2.24, 2.45) is 5.14 Å². The number of primary sulfonamides is 1. The van der Waals surface area contributed by atoms with Crippen molar-refractivity contribution in [3.63, 3.8) is 0 Å². The Balaban J connectivity index is 3.72. The van der Waals surface area contributed by atoms with E-state index in [0.717, 1.165) is 0 Å². The summed E-state index contributed by atoms with van der Waals surface area (Å²) in [5.74, 6) is 0. The fourth-order valence-corrected chi connectivity index (χ4v) is 2.92. The van der Waals surface area contributed by atoms with E-state index < -0.39 is 26.9 Å². The summed E-state index contributed by atoms with van der Waals surface area (Å²) >= 11 is 2.72. The molecule has 0 aliphatic heterocycles. The number of rotatable bonds is 2. The van der Waals surface area contributed by atoms with E-state index in [1.165, 1.54) is 0 Å². The number of pyridine rings is 1. The van der Waals surface area contributed by atoms with Crippen LogP contribution in [0.5, 0.6) is 0 Å². The van der Waals surface area contributed by atoms with E-state index >= 15 is 0 Å². The van der Waals surface area contributed by atoms with Crippen LogP contribution in [-0.2, 0) is 10.0 Å². The average Bonchev–Trinajstić information content (AvgIpc) is 2.14. The van der Waals surface area contributed by atoms with Crippen LogP contribution in [-0.4, -0.2) is 13.4 Å². The monoisotopic (exact) mass is 311 g/mol. The molecular weight excluding hydrogens is 308 g/mol. The van der Waals surface area contributed by atoms with E-state index in [4.69, 9.17) is 10.4 Å². The zero-order valence-corrected chi connectivity index (χ0v) is 9.89. The third kappa shape index (κ3) is 2.34. The van der Waals surface area contributed by atoms with Crippen molar-refractivity contribution in [1.82, 2.24) is 4.98 Å². The van der Waals surface area contributed by atoms with Gasteiger partial charge in [0.05, 0.1) is 10.0 Å². The summed E-state index contributed by atoms with van der Waals surface area (Å²) in [6.45, 7) is 0. The molecule has 0 spiro atoms. The number of hydrogen-bond acceptors (Lipinski definition) is 4. The minimum atomic E-state index is -4.36. The van der Waals surface area contributed by atoms with Gasteiger partial charge in [-0.05, 0) is 15.9 Å². The fraction of sp³-hybridized carbons (Fsp3) is 0.143. The third-order valence-corrected chi connectivity index (χ3v) is 3.67. The number of hydrogen-bond donors (Lipinski definition) is 1. The highest BCUT2D eigenvalue weighted by molar-refractivity contribution is 9.10. The predicted molar refractivity (Wildman–Crippen MR) is 53.0 cm³/mol. The first-order chi connectivity index (χ1) is 7.29. The van der Waals surface area contributed by atoms with Crippen LogP contribution in [0.1, 0.15) is 17.7 Å². The highest BCUT2D eigenvalue weighted by Gasteiger charge is 2.26. The molecule has 0 amide bonds. The lowest BCUT2D eigenvalue weighted by Gasteiger charge is -2.08. The Morgan fingerprint density at radius 2 is 2.12 bits per heavy atom. The van der Waals surface area contributed by atoms with E-state index in [2.05, 4.69) is 20.9 Å². The van der Waals surface area contributed by atoms with Gasteiger partial charge in [-0.1, -0.05) is 0 Å². The van der Waals surface area contributed by atoms with E-state index in [0.29, 0.717) is 6.20 Å². The topological polar surface area (TPSA) is 96.8 Å². The van der Waals surface area contributed by atoms with Crippen molar-refractivity contribution in [3.8, 4) is 6.07 Å². The first-order valence-electron chi connectivity index (χ1n) is 3.68. The van der Waals surface area contributed by atoms with Crippen LogP contribution in [0.2, 0.25) is 0 Å². The van der Waals surface area contributed by atoms with Crippen LogP contribution < -0.4 is 5.14 Å². The average molecular weight is 312 g/mol. The van der Waals surface area contributed by atoms with E-state index in [1.54, 1.807) is 6.07 Å². The predicted octanol–water partition coefficient (Wildman–Crippen LogP) is 1.30. The first kappa shape index (κ1) is 13.0. The number of alkyl halides is 2. The number of nitrogens with zero attached hydrogens (tertiary/aromatic N) is 2. The molecule has 5 nitrogen and oxygen atoms in total. The highest BCUT2D eigenvalue weighted by Crippen LogP contribution is 2.32. The summed E-state index contributed by atoms with van der Waals surface area (Å²) in [5.41, 5.74) is -1.17. The fourth-order valence-electron chi connectivity index (χ4n) is 1.01.